The van der Waals surface area contributed by atoms with E-state index >= 15 is 0 Å². The first-order valence-electron chi connectivity index (χ1n) is 9.92. The fourth-order valence-electron chi connectivity index (χ4n) is 3.49. The predicted octanol–water partition coefficient (Wildman–Crippen LogP) is 4.07. The number of benzene rings is 2. The molecule has 0 saturated heterocycles. The van der Waals surface area contributed by atoms with Gasteiger partial charge in [-0.1, -0.05) is 0 Å². The van der Waals surface area contributed by atoms with Crippen LogP contribution >= 0.6 is 11.3 Å². The summed E-state index contributed by atoms with van der Waals surface area (Å²) in [6, 6.07) is 13.1. The second kappa shape index (κ2) is 8.36. The molecular weight excluding hydrogens is 443 g/mol. The molecule has 0 saturated carbocycles. The summed E-state index contributed by atoms with van der Waals surface area (Å²) in [5.41, 5.74) is 2.49. The highest BCUT2D eigenvalue weighted by Crippen LogP contribution is 2.29. The van der Waals surface area contributed by atoms with Crippen molar-refractivity contribution in [1.29, 1.82) is 0 Å². The quantitative estimate of drug-likeness (QED) is 0.455. The smallest absolute Gasteiger partial charge is 0.266 e. The van der Waals surface area contributed by atoms with E-state index in [0.717, 1.165) is 15.5 Å². The number of pyridine rings is 1. The number of halogens is 1. The van der Waals surface area contributed by atoms with Gasteiger partial charge in [0.2, 0.25) is 0 Å². The Kier molecular flexibility index (Phi) is 5.23. The van der Waals surface area contributed by atoms with Crippen molar-refractivity contribution in [3.63, 3.8) is 0 Å². The van der Waals surface area contributed by atoms with Gasteiger partial charge in [0.15, 0.2) is 0 Å². The Balaban J connectivity index is 1.31. The minimum absolute atomic E-state index is 0.130. The Hall–Kier alpha value is -4.24. The van der Waals surface area contributed by atoms with Crippen LogP contribution in [0, 0.1) is 5.82 Å². The van der Waals surface area contributed by atoms with Crippen molar-refractivity contribution < 1.29 is 18.8 Å². The van der Waals surface area contributed by atoms with E-state index in [4.69, 9.17) is 0 Å². The van der Waals surface area contributed by atoms with Crippen LogP contribution in [0.4, 0.5) is 10.1 Å². The number of hydrogen-bond donors (Lipinski definition) is 1. The van der Waals surface area contributed by atoms with Crippen LogP contribution in [0.5, 0.6) is 0 Å². The molecule has 2 aromatic carbocycles. The Morgan fingerprint density at radius 1 is 0.970 bits per heavy atom. The third-order valence-electron chi connectivity index (χ3n) is 5.14. The summed E-state index contributed by atoms with van der Waals surface area (Å²) in [5, 5.41) is 5.47. The van der Waals surface area contributed by atoms with Gasteiger partial charge < -0.3 is 5.32 Å². The summed E-state index contributed by atoms with van der Waals surface area (Å²) in [5.74, 6) is -1.93. The molecular formula is C24H15FN4O3S. The van der Waals surface area contributed by atoms with E-state index in [-0.39, 0.29) is 28.9 Å². The number of rotatable bonds is 5. The Morgan fingerprint density at radius 2 is 1.70 bits per heavy atom. The van der Waals surface area contributed by atoms with Crippen molar-refractivity contribution in [2.45, 2.75) is 6.54 Å². The molecule has 1 N–H and O–H groups in total. The minimum atomic E-state index is -0.558. The molecule has 0 fully saturated rings. The molecule has 33 heavy (non-hydrogen) atoms. The van der Waals surface area contributed by atoms with Crippen molar-refractivity contribution in [2.75, 3.05) is 4.90 Å². The summed E-state index contributed by atoms with van der Waals surface area (Å²) in [6.45, 7) is 0.214. The van der Waals surface area contributed by atoms with Gasteiger partial charge in [-0.25, -0.2) is 14.3 Å². The van der Waals surface area contributed by atoms with Crippen molar-refractivity contribution >= 4 is 34.7 Å². The number of imide groups is 1. The van der Waals surface area contributed by atoms with Gasteiger partial charge in [0.25, 0.3) is 17.7 Å². The molecule has 0 spiro atoms. The maximum atomic E-state index is 13.2. The summed E-state index contributed by atoms with van der Waals surface area (Å²) in [7, 11) is 0. The Labute approximate surface area is 191 Å². The van der Waals surface area contributed by atoms with Crippen LogP contribution in [0.15, 0.2) is 72.4 Å². The fourth-order valence-corrected chi connectivity index (χ4v) is 4.32. The first-order chi connectivity index (χ1) is 16.0. The maximum absolute atomic E-state index is 13.2. The topological polar surface area (TPSA) is 92.3 Å². The van der Waals surface area contributed by atoms with Gasteiger partial charge in [-0.15, -0.1) is 11.3 Å². The first-order valence-corrected chi connectivity index (χ1v) is 10.8. The normalized spacial score (nSPS) is 12.7. The Morgan fingerprint density at radius 3 is 2.45 bits per heavy atom. The fraction of sp³-hybridized carbons (Fsp3) is 0.0417. The number of amides is 3. The summed E-state index contributed by atoms with van der Waals surface area (Å²) < 4.78 is 13.2. The zero-order valence-corrected chi connectivity index (χ0v) is 17.8. The largest absolute Gasteiger partial charge is 0.346 e. The first kappa shape index (κ1) is 20.7. The van der Waals surface area contributed by atoms with Crippen molar-refractivity contribution in [2.24, 2.45) is 0 Å². The van der Waals surface area contributed by atoms with E-state index in [0.29, 0.717) is 5.69 Å². The third-order valence-corrected chi connectivity index (χ3v) is 6.08. The lowest BCUT2D eigenvalue weighted by Gasteiger charge is -2.13. The second-order valence-electron chi connectivity index (χ2n) is 7.25. The van der Waals surface area contributed by atoms with Crippen molar-refractivity contribution in [3.8, 4) is 10.6 Å². The van der Waals surface area contributed by atoms with Crippen LogP contribution in [0.3, 0.4) is 0 Å². The standard InChI is InChI=1S/C24H15FN4O3S/c25-16-2-4-18(5-3-16)29-23(31)19-6-1-15(11-20(19)24(29)32)21(30)27-12-17-13-33-22(28-17)14-7-9-26-10-8-14/h1-11,13H,12H2,(H,27,30). The number of nitrogens with one attached hydrogen (secondary N) is 1. The van der Waals surface area contributed by atoms with E-state index in [2.05, 4.69) is 15.3 Å². The molecule has 9 heteroatoms. The molecule has 162 valence electrons. The lowest BCUT2D eigenvalue weighted by molar-refractivity contribution is 0.0923. The number of nitrogens with zero attached hydrogens (tertiary/aromatic N) is 3. The number of anilines is 1. The van der Waals surface area contributed by atoms with Crippen LogP contribution < -0.4 is 10.2 Å². The van der Waals surface area contributed by atoms with Crippen LogP contribution in [0.1, 0.15) is 36.8 Å². The number of thiazole rings is 1. The van der Waals surface area contributed by atoms with E-state index < -0.39 is 23.5 Å². The van der Waals surface area contributed by atoms with Crippen molar-refractivity contribution in [3.05, 3.63) is 101 Å². The second-order valence-corrected chi connectivity index (χ2v) is 8.10. The van der Waals surface area contributed by atoms with Gasteiger partial charge in [-0.3, -0.25) is 19.4 Å². The van der Waals surface area contributed by atoms with Gasteiger partial charge in [0.1, 0.15) is 10.8 Å². The minimum Gasteiger partial charge on any atom is -0.346 e. The molecule has 2 aromatic heterocycles. The molecule has 4 aromatic rings. The average molecular weight is 458 g/mol. The van der Waals surface area contributed by atoms with E-state index in [1.54, 1.807) is 12.4 Å². The third kappa shape index (κ3) is 3.90. The molecule has 0 aliphatic carbocycles. The molecule has 0 bridgehead atoms. The monoisotopic (exact) mass is 458 g/mol. The lowest BCUT2D eigenvalue weighted by Crippen LogP contribution is -2.29. The number of hydrogen-bond acceptors (Lipinski definition) is 6. The zero-order chi connectivity index (χ0) is 22.9. The van der Waals surface area contributed by atoms with E-state index in [1.165, 1.54) is 53.8 Å². The van der Waals surface area contributed by atoms with Gasteiger partial charge in [-0.2, -0.15) is 0 Å². The lowest BCUT2D eigenvalue weighted by atomic mass is 10.1. The van der Waals surface area contributed by atoms with Crippen molar-refractivity contribution in [1.82, 2.24) is 15.3 Å². The zero-order valence-electron chi connectivity index (χ0n) is 17.0. The highest BCUT2D eigenvalue weighted by Gasteiger charge is 2.37. The molecule has 1 aliphatic rings. The highest BCUT2D eigenvalue weighted by atomic mass is 32.1. The van der Waals surface area contributed by atoms with E-state index in [1.807, 2.05) is 17.5 Å². The molecule has 7 nitrogen and oxygen atoms in total. The molecule has 3 amide bonds. The number of fused-ring (bicyclic) bond motifs is 1. The van der Waals surface area contributed by atoms with Crippen LogP contribution in [0.25, 0.3) is 10.6 Å². The average Bonchev–Trinajstić information content (AvgIpc) is 3.42. The summed E-state index contributed by atoms with van der Waals surface area (Å²) in [6.07, 6.45) is 3.38. The highest BCUT2D eigenvalue weighted by molar-refractivity contribution is 7.13. The number of carbonyl (C=O) groups is 3. The SMILES string of the molecule is O=C(NCc1csc(-c2ccncc2)n1)c1ccc2c(c1)C(=O)N(c1ccc(F)cc1)C2=O. The molecule has 3 heterocycles. The molecule has 0 atom stereocenters. The molecule has 0 unspecified atom stereocenters. The van der Waals surface area contributed by atoms with Gasteiger partial charge in [-0.05, 0) is 54.6 Å². The van der Waals surface area contributed by atoms with Crippen LogP contribution in [0.2, 0.25) is 0 Å². The van der Waals surface area contributed by atoms with E-state index in [9.17, 15) is 18.8 Å². The number of carbonyl (C=O) groups excluding carboxylic acids is 3. The maximum Gasteiger partial charge on any atom is 0.266 e. The summed E-state index contributed by atoms with van der Waals surface area (Å²) in [4.78, 5) is 47.7. The van der Waals surface area contributed by atoms with Crippen LogP contribution in [-0.4, -0.2) is 27.7 Å². The van der Waals surface area contributed by atoms with Gasteiger partial charge in [0, 0.05) is 28.9 Å². The molecule has 5 rings (SSSR count). The van der Waals surface area contributed by atoms with Crippen LogP contribution in [-0.2, 0) is 6.54 Å². The summed E-state index contributed by atoms with van der Waals surface area (Å²) >= 11 is 1.46. The molecule has 1 aliphatic heterocycles. The van der Waals surface area contributed by atoms with Gasteiger partial charge >= 0.3 is 0 Å². The predicted molar refractivity (Wildman–Crippen MR) is 120 cm³/mol. The Bertz CT molecular complexity index is 1390. The number of aromatic nitrogens is 2. The molecule has 0 radical (unpaired) electrons. The van der Waals surface area contributed by atoms with Gasteiger partial charge in [0.05, 0.1) is 29.1 Å².